The smallest absolute Gasteiger partial charge is 0.270 e. The molecule has 0 bridgehead atoms. The summed E-state index contributed by atoms with van der Waals surface area (Å²) in [5.41, 5.74) is 5.98. The first kappa shape index (κ1) is 8.37. The molecule has 0 fully saturated rings. The first-order valence-corrected chi connectivity index (χ1v) is 3.69. The normalized spacial score (nSPS) is 9.64. The van der Waals surface area contributed by atoms with E-state index in [1.165, 1.54) is 0 Å². The van der Waals surface area contributed by atoms with Crippen LogP contribution in [0.2, 0.25) is 10.0 Å². The highest BCUT2D eigenvalue weighted by Gasteiger charge is 2.03. The molecule has 58 valence electrons. The number of hydrogen-bond acceptors (Lipinski definition) is 0. The average molecular weight is 190 g/mol. The standard InChI is InChI=1S/C7H6Cl2N2/c8-5-1-4(7(10)11)2-6(9)3-5/h1-3H,(H3,10,11)/p+1. The van der Waals surface area contributed by atoms with Crippen LogP contribution in [0.25, 0.3) is 0 Å². The maximum atomic E-state index is 5.69. The molecule has 0 atom stereocenters. The zero-order valence-corrected chi connectivity index (χ0v) is 7.15. The minimum absolute atomic E-state index is 0.217. The van der Waals surface area contributed by atoms with E-state index in [1.807, 2.05) is 0 Å². The van der Waals surface area contributed by atoms with Gasteiger partial charge in [-0.05, 0) is 18.2 Å². The lowest BCUT2D eigenvalue weighted by Gasteiger charge is -1.95. The minimum atomic E-state index is 0.217. The van der Waals surface area contributed by atoms with Gasteiger partial charge in [0.25, 0.3) is 5.84 Å². The highest BCUT2D eigenvalue weighted by atomic mass is 35.5. The number of nitrogens with two attached hydrogens (primary N) is 2. The van der Waals surface area contributed by atoms with Gasteiger partial charge in [-0.25, -0.2) is 0 Å². The van der Waals surface area contributed by atoms with Crippen LogP contribution in [-0.2, 0) is 0 Å². The molecule has 0 aliphatic rings. The summed E-state index contributed by atoms with van der Waals surface area (Å²) >= 11 is 11.4. The van der Waals surface area contributed by atoms with Crippen LogP contribution in [0, 0.1) is 0 Å². The third-order valence-electron chi connectivity index (χ3n) is 1.20. The molecule has 0 spiro atoms. The van der Waals surface area contributed by atoms with Crippen molar-refractivity contribution in [1.29, 1.82) is 0 Å². The van der Waals surface area contributed by atoms with Crippen LogP contribution in [0.1, 0.15) is 5.56 Å². The molecular formula is C7H7Cl2N2+. The largest absolute Gasteiger partial charge is 0.287 e. The van der Waals surface area contributed by atoms with E-state index in [-0.39, 0.29) is 5.84 Å². The van der Waals surface area contributed by atoms with E-state index in [0.29, 0.717) is 15.6 Å². The molecule has 11 heavy (non-hydrogen) atoms. The van der Waals surface area contributed by atoms with Gasteiger partial charge in [-0.3, -0.25) is 11.1 Å². The van der Waals surface area contributed by atoms with Crippen molar-refractivity contribution in [3.8, 4) is 0 Å². The summed E-state index contributed by atoms with van der Waals surface area (Å²) in [5, 5.41) is 6.39. The van der Waals surface area contributed by atoms with Crippen LogP contribution >= 0.6 is 23.2 Å². The minimum Gasteiger partial charge on any atom is -0.287 e. The molecule has 0 aliphatic carbocycles. The summed E-state index contributed by atoms with van der Waals surface area (Å²) in [6.45, 7) is 0. The van der Waals surface area contributed by atoms with E-state index in [4.69, 9.17) is 34.3 Å². The van der Waals surface area contributed by atoms with Crippen molar-refractivity contribution in [3.63, 3.8) is 0 Å². The summed E-state index contributed by atoms with van der Waals surface area (Å²) in [6.07, 6.45) is 0. The Kier molecular flexibility index (Phi) is 2.37. The molecule has 0 aromatic heterocycles. The number of halogens is 2. The van der Waals surface area contributed by atoms with E-state index >= 15 is 0 Å². The second-order valence-corrected chi connectivity index (χ2v) is 2.99. The molecule has 1 aromatic carbocycles. The van der Waals surface area contributed by atoms with E-state index in [0.717, 1.165) is 0 Å². The first-order chi connectivity index (χ1) is 5.09. The maximum absolute atomic E-state index is 5.69. The Morgan fingerprint density at radius 3 is 2.00 bits per heavy atom. The van der Waals surface area contributed by atoms with Crippen molar-refractivity contribution in [2.45, 2.75) is 0 Å². The van der Waals surface area contributed by atoms with Gasteiger partial charge in [-0.2, -0.15) is 0 Å². The van der Waals surface area contributed by atoms with Gasteiger partial charge < -0.3 is 0 Å². The van der Waals surface area contributed by atoms with E-state index in [9.17, 15) is 0 Å². The van der Waals surface area contributed by atoms with Gasteiger partial charge in [0.05, 0.1) is 5.56 Å². The molecule has 4 heteroatoms. The summed E-state index contributed by atoms with van der Waals surface area (Å²) < 4.78 is 0. The van der Waals surface area contributed by atoms with Crippen LogP contribution in [-0.4, -0.2) is 5.84 Å². The summed E-state index contributed by atoms with van der Waals surface area (Å²) in [5.74, 6) is 0.217. The molecule has 0 heterocycles. The number of benzene rings is 1. The van der Waals surface area contributed by atoms with Crippen molar-refractivity contribution < 1.29 is 5.41 Å². The number of hydrogen-bond donors (Lipinski definition) is 2. The fourth-order valence-corrected chi connectivity index (χ4v) is 1.25. The van der Waals surface area contributed by atoms with Crippen molar-refractivity contribution >= 4 is 29.0 Å². The third-order valence-corrected chi connectivity index (χ3v) is 1.63. The Morgan fingerprint density at radius 2 is 1.64 bits per heavy atom. The Morgan fingerprint density at radius 1 is 1.18 bits per heavy atom. The van der Waals surface area contributed by atoms with Crippen LogP contribution in [0.5, 0.6) is 0 Å². The van der Waals surface area contributed by atoms with Crippen LogP contribution in [0.4, 0.5) is 0 Å². The Balaban J connectivity index is 3.19. The maximum Gasteiger partial charge on any atom is 0.270 e. The van der Waals surface area contributed by atoms with Crippen LogP contribution in [0.15, 0.2) is 18.2 Å². The van der Waals surface area contributed by atoms with Gasteiger partial charge in [0.15, 0.2) is 0 Å². The second-order valence-electron chi connectivity index (χ2n) is 2.11. The van der Waals surface area contributed by atoms with Gasteiger partial charge in [0.1, 0.15) is 0 Å². The molecule has 0 saturated heterocycles. The highest BCUT2D eigenvalue weighted by Crippen LogP contribution is 2.17. The van der Waals surface area contributed by atoms with Gasteiger partial charge >= 0.3 is 0 Å². The quantitative estimate of drug-likeness (QED) is 0.490. The molecule has 1 aromatic rings. The lowest BCUT2D eigenvalue weighted by atomic mass is 10.2. The van der Waals surface area contributed by atoms with E-state index in [1.54, 1.807) is 18.2 Å². The topological polar surface area (TPSA) is 51.6 Å². The molecule has 4 N–H and O–H groups in total. The Labute approximate surface area is 74.4 Å². The predicted molar refractivity (Wildman–Crippen MR) is 46.7 cm³/mol. The number of rotatable bonds is 1. The Hall–Kier alpha value is -0.730. The van der Waals surface area contributed by atoms with Crippen LogP contribution in [0.3, 0.4) is 0 Å². The molecule has 0 saturated carbocycles. The van der Waals surface area contributed by atoms with Crippen LogP contribution < -0.4 is 11.1 Å². The van der Waals surface area contributed by atoms with Gasteiger partial charge in [-0.1, -0.05) is 23.2 Å². The summed E-state index contributed by atoms with van der Waals surface area (Å²) in [4.78, 5) is 0. The molecule has 2 nitrogen and oxygen atoms in total. The highest BCUT2D eigenvalue weighted by molar-refractivity contribution is 6.35. The third kappa shape index (κ3) is 2.10. The van der Waals surface area contributed by atoms with Gasteiger partial charge in [0.2, 0.25) is 0 Å². The fourth-order valence-electron chi connectivity index (χ4n) is 0.720. The summed E-state index contributed by atoms with van der Waals surface area (Å²) in [7, 11) is 0. The van der Waals surface area contributed by atoms with Crippen molar-refractivity contribution in [1.82, 2.24) is 0 Å². The Bertz CT molecular complexity index is 276. The second kappa shape index (κ2) is 3.11. The molecule has 1 rings (SSSR count). The van der Waals surface area contributed by atoms with Crippen molar-refractivity contribution in [3.05, 3.63) is 33.8 Å². The lowest BCUT2D eigenvalue weighted by Crippen LogP contribution is -2.46. The summed E-state index contributed by atoms with van der Waals surface area (Å²) in [6, 6.07) is 4.93. The van der Waals surface area contributed by atoms with Crippen molar-refractivity contribution in [2.24, 2.45) is 5.73 Å². The molecule has 0 radical (unpaired) electrons. The number of amidine groups is 1. The SMILES string of the molecule is NC(=[NH2+])c1cc(Cl)cc(Cl)c1. The van der Waals surface area contributed by atoms with E-state index in [2.05, 4.69) is 0 Å². The zero-order valence-electron chi connectivity index (χ0n) is 5.64. The fraction of sp³-hybridized carbons (Fsp3) is 0. The molecular weight excluding hydrogens is 183 g/mol. The lowest BCUT2D eigenvalue weighted by molar-refractivity contribution is -0.114. The van der Waals surface area contributed by atoms with Crippen molar-refractivity contribution in [2.75, 3.05) is 0 Å². The monoisotopic (exact) mass is 189 g/mol. The van der Waals surface area contributed by atoms with Gasteiger partial charge in [0, 0.05) is 10.0 Å². The molecule has 0 amide bonds. The first-order valence-electron chi connectivity index (χ1n) is 2.94. The zero-order chi connectivity index (χ0) is 8.43. The average Bonchev–Trinajstić information content (AvgIpc) is 1.85. The molecule has 0 unspecified atom stereocenters. The predicted octanol–water partition coefficient (Wildman–Crippen LogP) is 0.458. The molecule has 0 aliphatic heterocycles. The van der Waals surface area contributed by atoms with E-state index < -0.39 is 0 Å². The van der Waals surface area contributed by atoms with Gasteiger partial charge in [-0.15, -0.1) is 0 Å².